The van der Waals surface area contributed by atoms with Crippen LogP contribution < -0.4 is 18.9 Å². The topological polar surface area (TPSA) is 80.1 Å². The number of ether oxygens (including phenoxy) is 4. The second kappa shape index (κ2) is 7.35. The minimum Gasteiger partial charge on any atom is -0.493 e. The van der Waals surface area contributed by atoms with Crippen LogP contribution in [0.4, 0.5) is 5.69 Å². The van der Waals surface area contributed by atoms with Crippen molar-refractivity contribution in [2.45, 2.75) is 6.61 Å². The first-order valence-electron chi connectivity index (χ1n) is 6.75. The van der Waals surface area contributed by atoms with Gasteiger partial charge in [0.1, 0.15) is 6.61 Å². The number of nitrogens with zero attached hydrogens (tertiary/aromatic N) is 1. The monoisotopic (exact) mass is 319 g/mol. The molecule has 0 aliphatic carbocycles. The van der Waals surface area contributed by atoms with Gasteiger partial charge in [0, 0.05) is 6.07 Å². The van der Waals surface area contributed by atoms with Gasteiger partial charge in [0.25, 0.3) is 0 Å². The van der Waals surface area contributed by atoms with Crippen LogP contribution in [0.15, 0.2) is 36.4 Å². The fourth-order valence-corrected chi connectivity index (χ4v) is 2.08. The summed E-state index contributed by atoms with van der Waals surface area (Å²) in [6.07, 6.45) is 0. The number of rotatable bonds is 7. The molecule has 122 valence electrons. The molecule has 0 saturated heterocycles. The molecule has 0 aliphatic heterocycles. The van der Waals surface area contributed by atoms with E-state index in [0.717, 1.165) is 0 Å². The molecule has 0 unspecified atom stereocenters. The Morgan fingerprint density at radius 1 is 0.957 bits per heavy atom. The minimum atomic E-state index is -0.494. The molecule has 0 N–H and O–H groups in total. The van der Waals surface area contributed by atoms with Crippen molar-refractivity contribution in [3.8, 4) is 23.0 Å². The molecule has 0 fully saturated rings. The zero-order valence-electron chi connectivity index (χ0n) is 13.1. The molecule has 2 aromatic carbocycles. The second-order valence-corrected chi connectivity index (χ2v) is 4.54. The first kappa shape index (κ1) is 16.4. The number of nitro groups is 1. The quantitative estimate of drug-likeness (QED) is 0.576. The van der Waals surface area contributed by atoms with Gasteiger partial charge in [0.15, 0.2) is 17.2 Å². The van der Waals surface area contributed by atoms with E-state index in [1.54, 1.807) is 24.3 Å². The number of hydrogen-bond acceptors (Lipinski definition) is 6. The van der Waals surface area contributed by atoms with Gasteiger partial charge < -0.3 is 18.9 Å². The van der Waals surface area contributed by atoms with E-state index in [1.807, 2.05) is 0 Å². The van der Waals surface area contributed by atoms with Crippen LogP contribution >= 0.6 is 0 Å². The van der Waals surface area contributed by atoms with Gasteiger partial charge in [0.2, 0.25) is 5.75 Å². The van der Waals surface area contributed by atoms with E-state index in [9.17, 15) is 10.1 Å². The molecule has 0 aliphatic rings. The number of hydrogen-bond donors (Lipinski definition) is 0. The van der Waals surface area contributed by atoms with Gasteiger partial charge in [-0.25, -0.2) is 0 Å². The summed E-state index contributed by atoms with van der Waals surface area (Å²) >= 11 is 0. The van der Waals surface area contributed by atoms with E-state index >= 15 is 0 Å². The Labute approximate surface area is 133 Å². The Bertz CT molecular complexity index is 679. The molecule has 23 heavy (non-hydrogen) atoms. The van der Waals surface area contributed by atoms with Crippen molar-refractivity contribution in [1.82, 2.24) is 0 Å². The lowest BCUT2D eigenvalue weighted by atomic mass is 10.2. The van der Waals surface area contributed by atoms with Crippen LogP contribution in [-0.4, -0.2) is 26.3 Å². The average molecular weight is 319 g/mol. The molecule has 0 radical (unpaired) electrons. The van der Waals surface area contributed by atoms with Crippen molar-refractivity contribution >= 4 is 5.69 Å². The van der Waals surface area contributed by atoms with Crippen molar-refractivity contribution in [2.75, 3.05) is 21.3 Å². The molecule has 2 rings (SSSR count). The maximum Gasteiger partial charge on any atom is 0.311 e. The Hall–Kier alpha value is -2.96. The highest BCUT2D eigenvalue weighted by atomic mass is 16.6. The number of nitro benzene ring substituents is 1. The number of para-hydroxylation sites is 1. The van der Waals surface area contributed by atoms with Crippen LogP contribution in [0, 0.1) is 10.1 Å². The Morgan fingerprint density at radius 3 is 2.09 bits per heavy atom. The molecule has 0 aromatic heterocycles. The van der Waals surface area contributed by atoms with E-state index in [-0.39, 0.29) is 18.0 Å². The predicted octanol–water partition coefficient (Wildman–Crippen LogP) is 3.20. The average Bonchev–Trinajstić information content (AvgIpc) is 2.59. The first-order valence-corrected chi connectivity index (χ1v) is 6.75. The summed E-state index contributed by atoms with van der Waals surface area (Å²) in [6, 6.07) is 9.93. The Kier molecular flexibility index (Phi) is 5.24. The maximum absolute atomic E-state index is 11.1. The van der Waals surface area contributed by atoms with Gasteiger partial charge in [-0.3, -0.25) is 10.1 Å². The summed E-state index contributed by atoms with van der Waals surface area (Å²) in [5, 5.41) is 11.1. The molecule has 7 heteroatoms. The lowest BCUT2D eigenvalue weighted by Crippen LogP contribution is -2.01. The number of methoxy groups -OCH3 is 3. The van der Waals surface area contributed by atoms with E-state index in [2.05, 4.69) is 0 Å². The van der Waals surface area contributed by atoms with Crippen molar-refractivity contribution in [1.29, 1.82) is 0 Å². The highest BCUT2D eigenvalue weighted by molar-refractivity contribution is 5.52. The van der Waals surface area contributed by atoms with Gasteiger partial charge in [-0.2, -0.15) is 0 Å². The van der Waals surface area contributed by atoms with Crippen LogP contribution in [-0.2, 0) is 6.61 Å². The zero-order valence-corrected chi connectivity index (χ0v) is 13.1. The third-order valence-corrected chi connectivity index (χ3v) is 3.21. The third-order valence-electron chi connectivity index (χ3n) is 3.21. The van der Waals surface area contributed by atoms with Gasteiger partial charge in [-0.1, -0.05) is 12.1 Å². The second-order valence-electron chi connectivity index (χ2n) is 4.54. The summed E-state index contributed by atoms with van der Waals surface area (Å²) in [6.45, 7) is 0.127. The molecule has 0 atom stereocenters. The van der Waals surface area contributed by atoms with Crippen LogP contribution in [0.3, 0.4) is 0 Å². The SMILES string of the molecule is COc1ccc(COc2c(OC)cccc2OC)cc1[N+](=O)[O-]. The molecule has 0 bridgehead atoms. The third kappa shape index (κ3) is 3.63. The van der Waals surface area contributed by atoms with E-state index in [4.69, 9.17) is 18.9 Å². The molecule has 0 saturated carbocycles. The molecule has 7 nitrogen and oxygen atoms in total. The summed E-state index contributed by atoms with van der Waals surface area (Å²) in [5.74, 6) is 1.68. The van der Waals surface area contributed by atoms with Crippen molar-refractivity contribution < 1.29 is 23.9 Å². The van der Waals surface area contributed by atoms with Crippen molar-refractivity contribution in [2.24, 2.45) is 0 Å². The first-order chi connectivity index (χ1) is 11.1. The van der Waals surface area contributed by atoms with Crippen LogP contribution in [0.2, 0.25) is 0 Å². The van der Waals surface area contributed by atoms with Crippen molar-refractivity contribution in [3.63, 3.8) is 0 Å². The summed E-state index contributed by atoms with van der Waals surface area (Å²) < 4.78 is 21.2. The molecular weight excluding hydrogens is 302 g/mol. The molecule has 0 spiro atoms. The van der Waals surface area contributed by atoms with E-state index in [1.165, 1.54) is 33.5 Å². The van der Waals surface area contributed by atoms with Crippen LogP contribution in [0.1, 0.15) is 5.56 Å². The minimum absolute atomic E-state index is 0.111. The largest absolute Gasteiger partial charge is 0.493 e. The van der Waals surface area contributed by atoms with E-state index in [0.29, 0.717) is 22.8 Å². The smallest absolute Gasteiger partial charge is 0.311 e. The normalized spacial score (nSPS) is 10.0. The summed E-state index contributed by atoms with van der Waals surface area (Å²) in [5.41, 5.74) is 0.519. The van der Waals surface area contributed by atoms with Gasteiger partial charge in [-0.15, -0.1) is 0 Å². The lowest BCUT2D eigenvalue weighted by molar-refractivity contribution is -0.385. The van der Waals surface area contributed by atoms with Crippen LogP contribution in [0.5, 0.6) is 23.0 Å². The fourth-order valence-electron chi connectivity index (χ4n) is 2.08. The molecular formula is C16H17NO6. The van der Waals surface area contributed by atoms with Crippen molar-refractivity contribution in [3.05, 3.63) is 52.1 Å². The Morgan fingerprint density at radius 2 is 1.57 bits per heavy atom. The Balaban J connectivity index is 2.25. The van der Waals surface area contributed by atoms with E-state index < -0.39 is 4.92 Å². The lowest BCUT2D eigenvalue weighted by Gasteiger charge is -2.14. The molecule has 0 amide bonds. The van der Waals surface area contributed by atoms with Gasteiger partial charge in [-0.05, 0) is 23.8 Å². The summed E-state index contributed by atoms with van der Waals surface area (Å²) in [4.78, 5) is 10.6. The molecule has 0 heterocycles. The summed E-state index contributed by atoms with van der Waals surface area (Å²) in [7, 11) is 4.44. The predicted molar refractivity (Wildman–Crippen MR) is 83.5 cm³/mol. The highest BCUT2D eigenvalue weighted by Gasteiger charge is 2.16. The van der Waals surface area contributed by atoms with Crippen LogP contribution in [0.25, 0.3) is 0 Å². The highest BCUT2D eigenvalue weighted by Crippen LogP contribution is 2.37. The maximum atomic E-state index is 11.1. The van der Waals surface area contributed by atoms with Gasteiger partial charge in [0.05, 0.1) is 26.3 Å². The molecule has 2 aromatic rings. The number of benzene rings is 2. The fraction of sp³-hybridized carbons (Fsp3) is 0.250. The zero-order chi connectivity index (χ0) is 16.8. The van der Waals surface area contributed by atoms with Gasteiger partial charge >= 0.3 is 5.69 Å². The standard InChI is InChI=1S/C16H17NO6/c1-20-13-8-7-11(9-12(13)17(18)19)10-23-16-14(21-2)5-4-6-15(16)22-3/h4-9H,10H2,1-3H3.